The van der Waals surface area contributed by atoms with E-state index in [1.807, 2.05) is 6.07 Å². The number of halogens is 1. The Balaban J connectivity index is 2.52. The number of pyridine rings is 1. The maximum atomic E-state index is 9.07. The lowest BCUT2D eigenvalue weighted by Gasteiger charge is -2.21. The molecule has 0 spiro atoms. The Kier molecular flexibility index (Phi) is 3.43. The van der Waals surface area contributed by atoms with Crippen molar-refractivity contribution in [3.8, 4) is 12.1 Å². The molecule has 2 heterocycles. The summed E-state index contributed by atoms with van der Waals surface area (Å²) in [5.74, 6) is 0.595. The molecule has 0 saturated heterocycles. The van der Waals surface area contributed by atoms with E-state index in [0.29, 0.717) is 17.9 Å². The summed E-state index contributed by atoms with van der Waals surface area (Å²) in [4.78, 5) is 4.14. The molecular weight excluding hydrogens is 238 g/mol. The van der Waals surface area contributed by atoms with E-state index in [1.54, 1.807) is 0 Å². The lowest BCUT2D eigenvalue weighted by atomic mass is 9.98. The largest absolute Gasteiger partial charge is 0.357 e. The molecule has 0 radical (unpaired) electrons. The van der Waals surface area contributed by atoms with Crippen LogP contribution in [-0.2, 0) is 13.0 Å². The van der Waals surface area contributed by atoms with Gasteiger partial charge in [0.1, 0.15) is 23.6 Å². The highest BCUT2D eigenvalue weighted by Gasteiger charge is 2.20. The fraction of sp³-hybridized carbons (Fsp3) is 0.364. The van der Waals surface area contributed by atoms with E-state index < -0.39 is 0 Å². The van der Waals surface area contributed by atoms with Crippen molar-refractivity contribution >= 4 is 17.4 Å². The van der Waals surface area contributed by atoms with Crippen LogP contribution in [0.15, 0.2) is 0 Å². The molecule has 0 aliphatic carbocycles. The molecule has 0 aromatic carbocycles. The van der Waals surface area contributed by atoms with Gasteiger partial charge in [0.05, 0.1) is 11.6 Å². The number of rotatable bonds is 2. The number of hydrogen-bond acceptors (Lipinski definition) is 5. The Morgan fingerprint density at radius 2 is 2.24 bits per heavy atom. The second-order valence-electron chi connectivity index (χ2n) is 3.63. The Morgan fingerprint density at radius 1 is 1.41 bits per heavy atom. The van der Waals surface area contributed by atoms with Crippen LogP contribution in [0.1, 0.15) is 16.7 Å². The zero-order valence-electron chi connectivity index (χ0n) is 9.05. The molecule has 0 bridgehead atoms. The normalized spacial score (nSPS) is 13.4. The first-order chi connectivity index (χ1) is 8.27. The van der Waals surface area contributed by atoms with Gasteiger partial charge < -0.3 is 10.6 Å². The predicted octanol–water partition coefficient (Wildman–Crippen LogP) is 1.19. The van der Waals surface area contributed by atoms with Crippen LogP contribution in [0.25, 0.3) is 0 Å². The molecule has 2 rings (SSSR count). The summed E-state index contributed by atoms with van der Waals surface area (Å²) in [7, 11) is 0. The van der Waals surface area contributed by atoms with Crippen LogP contribution >= 0.6 is 11.6 Å². The SMILES string of the molecule is N#CCNc1nc(Cl)c(C#N)c2c1CNCC2. The van der Waals surface area contributed by atoms with Crippen molar-refractivity contribution in [1.29, 1.82) is 10.5 Å². The quantitative estimate of drug-likeness (QED) is 0.606. The fourth-order valence-corrected chi connectivity index (χ4v) is 2.16. The van der Waals surface area contributed by atoms with Gasteiger partial charge in [0.15, 0.2) is 0 Å². The number of hydrogen-bond donors (Lipinski definition) is 2. The van der Waals surface area contributed by atoms with E-state index >= 15 is 0 Å². The average Bonchev–Trinajstić information content (AvgIpc) is 2.36. The van der Waals surface area contributed by atoms with E-state index in [-0.39, 0.29) is 11.7 Å². The third-order valence-corrected chi connectivity index (χ3v) is 2.94. The van der Waals surface area contributed by atoms with Gasteiger partial charge in [-0.1, -0.05) is 11.6 Å². The van der Waals surface area contributed by atoms with Gasteiger partial charge in [-0.2, -0.15) is 10.5 Å². The zero-order chi connectivity index (χ0) is 12.3. The Hall–Kier alpha value is -1.82. The van der Waals surface area contributed by atoms with Crippen LogP contribution < -0.4 is 10.6 Å². The number of nitrogens with one attached hydrogen (secondary N) is 2. The van der Waals surface area contributed by atoms with Crippen molar-refractivity contribution in [3.63, 3.8) is 0 Å². The topological polar surface area (TPSA) is 84.5 Å². The molecule has 86 valence electrons. The van der Waals surface area contributed by atoms with Gasteiger partial charge in [0.2, 0.25) is 0 Å². The predicted molar refractivity (Wildman–Crippen MR) is 63.5 cm³/mol. The van der Waals surface area contributed by atoms with E-state index in [2.05, 4.69) is 21.7 Å². The number of fused-ring (bicyclic) bond motifs is 1. The van der Waals surface area contributed by atoms with Crippen molar-refractivity contribution in [1.82, 2.24) is 10.3 Å². The summed E-state index contributed by atoms with van der Waals surface area (Å²) in [6.45, 7) is 1.63. The second-order valence-corrected chi connectivity index (χ2v) is 3.99. The summed E-state index contributed by atoms with van der Waals surface area (Å²) in [6, 6.07) is 4.08. The molecule has 17 heavy (non-hydrogen) atoms. The molecule has 0 atom stereocenters. The first-order valence-electron chi connectivity index (χ1n) is 5.20. The van der Waals surface area contributed by atoms with Crippen LogP contribution in [0.3, 0.4) is 0 Å². The molecule has 5 nitrogen and oxygen atoms in total. The van der Waals surface area contributed by atoms with Gasteiger partial charge in [0.25, 0.3) is 0 Å². The lowest BCUT2D eigenvalue weighted by Crippen LogP contribution is -2.26. The summed E-state index contributed by atoms with van der Waals surface area (Å²) >= 11 is 5.97. The van der Waals surface area contributed by atoms with E-state index in [4.69, 9.17) is 22.1 Å². The number of anilines is 1. The molecule has 0 fully saturated rings. The highest BCUT2D eigenvalue weighted by atomic mass is 35.5. The molecular formula is C11H10ClN5. The van der Waals surface area contributed by atoms with Crippen LogP contribution in [0.4, 0.5) is 5.82 Å². The average molecular weight is 248 g/mol. The molecule has 2 N–H and O–H groups in total. The van der Waals surface area contributed by atoms with Crippen LogP contribution in [-0.4, -0.2) is 18.1 Å². The highest BCUT2D eigenvalue weighted by molar-refractivity contribution is 6.30. The highest BCUT2D eigenvalue weighted by Crippen LogP contribution is 2.28. The van der Waals surface area contributed by atoms with Gasteiger partial charge in [-0.15, -0.1) is 0 Å². The molecule has 1 aromatic rings. The summed E-state index contributed by atoms with van der Waals surface area (Å²) < 4.78 is 0. The van der Waals surface area contributed by atoms with Gasteiger partial charge in [-0.05, 0) is 18.5 Å². The van der Waals surface area contributed by atoms with Gasteiger partial charge in [-0.25, -0.2) is 4.98 Å². The van der Waals surface area contributed by atoms with Crippen LogP contribution in [0.5, 0.6) is 0 Å². The monoisotopic (exact) mass is 247 g/mol. The molecule has 1 aliphatic rings. The van der Waals surface area contributed by atoms with Gasteiger partial charge in [0, 0.05) is 12.1 Å². The Labute approximate surface area is 104 Å². The number of nitrogens with zero attached hydrogens (tertiary/aromatic N) is 3. The molecule has 1 aliphatic heterocycles. The maximum absolute atomic E-state index is 9.07. The van der Waals surface area contributed by atoms with Crippen LogP contribution in [0.2, 0.25) is 5.15 Å². The standard InChI is InChI=1S/C11H10ClN5/c12-10-8(5-14)7-1-3-15-6-9(7)11(17-10)16-4-2-13/h15H,1,3-4,6H2,(H,16,17). The van der Waals surface area contributed by atoms with Crippen LogP contribution in [0, 0.1) is 22.7 Å². The Morgan fingerprint density at radius 3 is 2.94 bits per heavy atom. The van der Waals surface area contributed by atoms with Gasteiger partial charge >= 0.3 is 0 Å². The summed E-state index contributed by atoms with van der Waals surface area (Å²) in [6.07, 6.45) is 0.752. The maximum Gasteiger partial charge on any atom is 0.149 e. The van der Waals surface area contributed by atoms with Gasteiger partial charge in [-0.3, -0.25) is 0 Å². The lowest BCUT2D eigenvalue weighted by molar-refractivity contribution is 0.641. The minimum Gasteiger partial charge on any atom is -0.357 e. The van der Waals surface area contributed by atoms with E-state index in [0.717, 1.165) is 24.1 Å². The molecule has 6 heteroatoms. The third kappa shape index (κ3) is 2.16. The van der Waals surface area contributed by atoms with E-state index in [1.165, 1.54) is 0 Å². The van der Waals surface area contributed by atoms with Crippen molar-refractivity contribution in [2.24, 2.45) is 0 Å². The fourth-order valence-electron chi connectivity index (χ4n) is 1.92. The summed E-state index contributed by atoms with van der Waals surface area (Å²) in [5.41, 5.74) is 2.32. The molecule has 0 amide bonds. The zero-order valence-corrected chi connectivity index (χ0v) is 9.80. The first kappa shape index (κ1) is 11.7. The van der Waals surface area contributed by atoms with Crippen molar-refractivity contribution in [2.45, 2.75) is 13.0 Å². The smallest absolute Gasteiger partial charge is 0.149 e. The second kappa shape index (κ2) is 5.01. The minimum absolute atomic E-state index is 0.168. The third-order valence-electron chi connectivity index (χ3n) is 2.67. The first-order valence-corrected chi connectivity index (χ1v) is 5.58. The minimum atomic E-state index is 0.168. The number of nitriles is 2. The molecule has 0 saturated carbocycles. The number of aromatic nitrogens is 1. The Bertz CT molecular complexity index is 526. The van der Waals surface area contributed by atoms with Crippen molar-refractivity contribution in [2.75, 3.05) is 18.4 Å². The molecule has 1 aromatic heterocycles. The molecule has 0 unspecified atom stereocenters. The van der Waals surface area contributed by atoms with E-state index in [9.17, 15) is 0 Å². The van der Waals surface area contributed by atoms with Crippen molar-refractivity contribution < 1.29 is 0 Å². The summed E-state index contributed by atoms with van der Waals surface area (Å²) in [5, 5.41) is 24.0. The van der Waals surface area contributed by atoms with Crippen molar-refractivity contribution in [3.05, 3.63) is 21.8 Å².